The van der Waals surface area contributed by atoms with Crippen molar-refractivity contribution in [3.05, 3.63) is 74.9 Å². The predicted octanol–water partition coefficient (Wildman–Crippen LogP) is 6.76. The Balaban J connectivity index is 1.64. The number of rotatable bonds is 3. The van der Waals surface area contributed by atoms with Gasteiger partial charge >= 0.3 is 6.18 Å². The quantitative estimate of drug-likeness (QED) is 0.427. The zero-order valence-electron chi connectivity index (χ0n) is 15.6. The van der Waals surface area contributed by atoms with Crippen LogP contribution in [0.2, 0.25) is 15.1 Å². The summed E-state index contributed by atoms with van der Waals surface area (Å²) in [6.45, 7) is 0. The molecule has 5 nitrogen and oxygen atoms in total. The molecule has 0 spiro atoms. The SMILES string of the molecule is O=C(Nc1ccc(Cl)cc1)c1cc2n(n1)[C@@H](C(F)(F)F)C[C@H](c1ccc(Cl)c(Cl)c1)N2. The smallest absolute Gasteiger partial charge is 0.363 e. The van der Waals surface area contributed by atoms with Gasteiger partial charge in [-0.2, -0.15) is 18.3 Å². The van der Waals surface area contributed by atoms with Crippen LogP contribution in [0.25, 0.3) is 0 Å². The van der Waals surface area contributed by atoms with Gasteiger partial charge in [-0.25, -0.2) is 4.68 Å². The molecule has 2 aromatic carbocycles. The fourth-order valence-electron chi connectivity index (χ4n) is 3.36. The predicted molar refractivity (Wildman–Crippen MR) is 114 cm³/mol. The molecular weight excluding hydrogens is 476 g/mol. The minimum absolute atomic E-state index is 0.0749. The van der Waals surface area contributed by atoms with Gasteiger partial charge in [0.25, 0.3) is 5.91 Å². The molecule has 1 aliphatic heterocycles. The topological polar surface area (TPSA) is 59.0 Å². The Morgan fingerprint density at radius 1 is 1.06 bits per heavy atom. The van der Waals surface area contributed by atoms with E-state index >= 15 is 0 Å². The lowest BCUT2D eigenvalue weighted by Crippen LogP contribution is -2.35. The Kier molecular flexibility index (Phi) is 5.81. The van der Waals surface area contributed by atoms with E-state index in [9.17, 15) is 18.0 Å². The van der Waals surface area contributed by atoms with Gasteiger partial charge in [-0.1, -0.05) is 40.9 Å². The molecule has 0 radical (unpaired) electrons. The molecule has 2 N–H and O–H groups in total. The highest BCUT2D eigenvalue weighted by atomic mass is 35.5. The Morgan fingerprint density at radius 3 is 2.42 bits per heavy atom. The van der Waals surface area contributed by atoms with Crippen molar-refractivity contribution in [1.82, 2.24) is 9.78 Å². The van der Waals surface area contributed by atoms with Crippen LogP contribution in [0.1, 0.15) is 34.6 Å². The molecule has 0 unspecified atom stereocenters. The first kappa shape index (κ1) is 21.8. The molecular formula is C20H14Cl3F3N4O. The van der Waals surface area contributed by atoms with Gasteiger partial charge in [0, 0.05) is 23.2 Å². The van der Waals surface area contributed by atoms with Crippen LogP contribution in [0, 0.1) is 0 Å². The normalized spacial score (nSPS) is 18.3. The first-order valence-electron chi connectivity index (χ1n) is 9.06. The van der Waals surface area contributed by atoms with Crippen LogP contribution in [0.4, 0.5) is 24.7 Å². The van der Waals surface area contributed by atoms with Gasteiger partial charge in [-0.05, 0) is 42.0 Å². The summed E-state index contributed by atoms with van der Waals surface area (Å²) in [7, 11) is 0. The lowest BCUT2D eigenvalue weighted by atomic mass is 9.97. The van der Waals surface area contributed by atoms with E-state index in [0.717, 1.165) is 4.68 Å². The second-order valence-corrected chi connectivity index (χ2v) is 8.23. The zero-order valence-corrected chi connectivity index (χ0v) is 17.8. The molecule has 0 bridgehead atoms. The van der Waals surface area contributed by atoms with E-state index in [0.29, 0.717) is 21.3 Å². The Labute approximate surface area is 190 Å². The highest BCUT2D eigenvalue weighted by molar-refractivity contribution is 6.42. The molecule has 2 heterocycles. The van der Waals surface area contributed by atoms with Gasteiger partial charge < -0.3 is 10.6 Å². The summed E-state index contributed by atoms with van der Waals surface area (Å²) in [5, 5.41) is 10.6. The number of anilines is 2. The summed E-state index contributed by atoms with van der Waals surface area (Å²) in [5.74, 6) is -0.566. The van der Waals surface area contributed by atoms with Crippen molar-refractivity contribution in [3.8, 4) is 0 Å². The first-order chi connectivity index (χ1) is 14.6. The number of hydrogen-bond donors (Lipinski definition) is 2. The lowest BCUT2D eigenvalue weighted by molar-refractivity contribution is -0.173. The van der Waals surface area contributed by atoms with Crippen molar-refractivity contribution in [2.45, 2.75) is 24.7 Å². The summed E-state index contributed by atoms with van der Waals surface area (Å²) < 4.78 is 42.2. The van der Waals surface area contributed by atoms with Crippen LogP contribution in [0.3, 0.4) is 0 Å². The summed E-state index contributed by atoms with van der Waals surface area (Å²) in [6, 6.07) is 9.65. The summed E-state index contributed by atoms with van der Waals surface area (Å²) in [5.41, 5.74) is 0.833. The van der Waals surface area contributed by atoms with Crippen molar-refractivity contribution in [1.29, 1.82) is 0 Å². The van der Waals surface area contributed by atoms with E-state index in [4.69, 9.17) is 34.8 Å². The fourth-order valence-corrected chi connectivity index (χ4v) is 3.79. The van der Waals surface area contributed by atoms with Gasteiger partial charge in [0.05, 0.1) is 16.1 Å². The van der Waals surface area contributed by atoms with E-state index < -0.39 is 24.2 Å². The van der Waals surface area contributed by atoms with Crippen molar-refractivity contribution in [2.24, 2.45) is 0 Å². The minimum atomic E-state index is -4.57. The van der Waals surface area contributed by atoms with Gasteiger partial charge in [-0.3, -0.25) is 4.79 Å². The number of carbonyl (C=O) groups is 1. The number of halogens is 6. The van der Waals surface area contributed by atoms with Crippen molar-refractivity contribution < 1.29 is 18.0 Å². The number of nitrogens with zero attached hydrogens (tertiary/aromatic N) is 2. The summed E-state index contributed by atoms with van der Waals surface area (Å²) in [6.07, 6.45) is -4.89. The standard InChI is InChI=1S/C20H14Cl3F3N4O/c21-11-2-4-12(5-3-11)27-19(31)16-9-18-28-15(10-1-6-13(22)14(23)7-10)8-17(20(24,25)26)30(18)29-16/h1-7,9,15,17,28H,8H2,(H,27,31)/t15-,17-/m1/s1. The maximum Gasteiger partial charge on any atom is 0.410 e. The van der Waals surface area contributed by atoms with E-state index in [1.165, 1.54) is 18.2 Å². The van der Waals surface area contributed by atoms with Crippen molar-refractivity contribution in [2.75, 3.05) is 10.6 Å². The molecule has 162 valence electrons. The van der Waals surface area contributed by atoms with Crippen molar-refractivity contribution >= 4 is 52.2 Å². The van der Waals surface area contributed by atoms with Crippen molar-refractivity contribution in [3.63, 3.8) is 0 Å². The highest BCUT2D eigenvalue weighted by Gasteiger charge is 2.46. The fraction of sp³-hybridized carbons (Fsp3) is 0.200. The number of nitrogens with one attached hydrogen (secondary N) is 2. The third-order valence-corrected chi connectivity index (χ3v) is 5.86. The Bertz CT molecular complexity index is 1130. The molecule has 31 heavy (non-hydrogen) atoms. The molecule has 0 saturated carbocycles. The second kappa shape index (κ2) is 8.26. The Hall–Kier alpha value is -2.42. The first-order valence-corrected chi connectivity index (χ1v) is 10.2. The molecule has 0 aliphatic carbocycles. The number of alkyl halides is 3. The molecule has 2 atom stereocenters. The average Bonchev–Trinajstić information content (AvgIpc) is 3.14. The molecule has 3 aromatic rings. The van der Waals surface area contributed by atoms with Gasteiger partial charge in [0.15, 0.2) is 11.7 Å². The lowest BCUT2D eigenvalue weighted by Gasteiger charge is -2.33. The minimum Gasteiger partial charge on any atom is -0.363 e. The van der Waals surface area contributed by atoms with Crippen LogP contribution in [-0.4, -0.2) is 21.9 Å². The van der Waals surface area contributed by atoms with E-state index in [1.54, 1.807) is 30.3 Å². The largest absolute Gasteiger partial charge is 0.410 e. The van der Waals surface area contributed by atoms with Crippen LogP contribution in [0.5, 0.6) is 0 Å². The number of hydrogen-bond acceptors (Lipinski definition) is 3. The summed E-state index contributed by atoms with van der Waals surface area (Å²) in [4.78, 5) is 12.5. The van der Waals surface area contributed by atoms with Crippen LogP contribution in [0.15, 0.2) is 48.5 Å². The number of benzene rings is 2. The molecule has 0 saturated heterocycles. The maximum atomic E-state index is 13.8. The zero-order chi connectivity index (χ0) is 22.3. The Morgan fingerprint density at radius 2 is 1.77 bits per heavy atom. The highest BCUT2D eigenvalue weighted by Crippen LogP contribution is 2.44. The second-order valence-electron chi connectivity index (χ2n) is 6.98. The number of amides is 1. The molecule has 4 rings (SSSR count). The third-order valence-electron chi connectivity index (χ3n) is 4.87. The van der Waals surface area contributed by atoms with E-state index in [-0.39, 0.29) is 23.0 Å². The number of carbonyl (C=O) groups excluding carboxylic acids is 1. The van der Waals surface area contributed by atoms with E-state index in [1.807, 2.05) is 0 Å². The van der Waals surface area contributed by atoms with E-state index in [2.05, 4.69) is 15.7 Å². The number of aromatic nitrogens is 2. The average molecular weight is 490 g/mol. The van der Waals surface area contributed by atoms with Gasteiger partial charge in [0.1, 0.15) is 5.82 Å². The third kappa shape index (κ3) is 4.61. The molecule has 1 aliphatic rings. The molecule has 1 aromatic heterocycles. The monoisotopic (exact) mass is 488 g/mol. The molecule has 1 amide bonds. The maximum absolute atomic E-state index is 13.8. The van der Waals surface area contributed by atoms with Crippen LogP contribution in [-0.2, 0) is 0 Å². The van der Waals surface area contributed by atoms with Gasteiger partial charge in [-0.15, -0.1) is 0 Å². The molecule has 0 fully saturated rings. The van der Waals surface area contributed by atoms with Crippen LogP contribution < -0.4 is 10.6 Å². The number of fused-ring (bicyclic) bond motifs is 1. The summed E-state index contributed by atoms with van der Waals surface area (Å²) >= 11 is 17.8. The molecule has 11 heteroatoms. The van der Waals surface area contributed by atoms with Crippen LogP contribution >= 0.6 is 34.8 Å². The van der Waals surface area contributed by atoms with Gasteiger partial charge in [0.2, 0.25) is 0 Å².